The second-order valence-corrected chi connectivity index (χ2v) is 7.16. The molecule has 2 aromatic heterocycles. The van der Waals surface area contributed by atoms with Gasteiger partial charge in [0.15, 0.2) is 12.3 Å². The number of benzene rings is 1. The third-order valence-electron chi connectivity index (χ3n) is 4.28. The van der Waals surface area contributed by atoms with E-state index in [9.17, 15) is 9.59 Å². The largest absolute Gasteiger partial charge is 0.452 e. The van der Waals surface area contributed by atoms with Crippen LogP contribution in [0, 0.1) is 0 Å². The van der Waals surface area contributed by atoms with E-state index in [1.807, 2.05) is 45.9 Å². The number of rotatable bonds is 6. The van der Waals surface area contributed by atoms with Crippen LogP contribution in [0.1, 0.15) is 55.7 Å². The van der Waals surface area contributed by atoms with Crippen molar-refractivity contribution in [3.05, 3.63) is 53.9 Å². The number of hydrogen-bond donors (Lipinski definition) is 1. The molecule has 0 aliphatic carbocycles. The fourth-order valence-electron chi connectivity index (χ4n) is 2.81. The molecule has 1 aromatic carbocycles. The number of amides is 1. The fourth-order valence-corrected chi connectivity index (χ4v) is 2.81. The molecule has 2 heterocycles. The Morgan fingerprint density at radius 1 is 1.14 bits per heavy atom. The van der Waals surface area contributed by atoms with Crippen LogP contribution < -0.4 is 5.32 Å². The van der Waals surface area contributed by atoms with E-state index in [4.69, 9.17) is 4.74 Å². The smallest absolute Gasteiger partial charge is 0.339 e. The van der Waals surface area contributed by atoms with Crippen LogP contribution in [0.15, 0.2) is 42.6 Å². The number of esters is 1. The molecule has 0 unspecified atom stereocenters. The Kier molecular flexibility index (Phi) is 5.73. The zero-order valence-electron chi connectivity index (χ0n) is 16.5. The summed E-state index contributed by atoms with van der Waals surface area (Å²) in [5.41, 5.74) is 2.43. The average molecular weight is 380 g/mol. The number of anilines is 1. The Labute approximate surface area is 163 Å². The van der Waals surface area contributed by atoms with Crippen LogP contribution in [-0.2, 0) is 9.53 Å². The molecule has 7 heteroatoms. The maximum absolute atomic E-state index is 12.7. The molecule has 0 aliphatic heterocycles. The Bertz CT molecular complexity index is 994. The third-order valence-corrected chi connectivity index (χ3v) is 4.28. The van der Waals surface area contributed by atoms with E-state index in [0.29, 0.717) is 22.3 Å². The summed E-state index contributed by atoms with van der Waals surface area (Å²) < 4.78 is 7.04. The van der Waals surface area contributed by atoms with Crippen LogP contribution in [0.3, 0.4) is 0 Å². The molecule has 0 saturated heterocycles. The Balaban J connectivity index is 1.81. The highest BCUT2D eigenvalue weighted by molar-refractivity contribution is 6.03. The van der Waals surface area contributed by atoms with Crippen molar-refractivity contribution in [1.82, 2.24) is 14.8 Å². The van der Waals surface area contributed by atoms with Crippen molar-refractivity contribution in [2.75, 3.05) is 11.9 Å². The second kappa shape index (κ2) is 8.21. The van der Waals surface area contributed by atoms with Gasteiger partial charge in [0, 0.05) is 17.4 Å². The lowest BCUT2D eigenvalue weighted by atomic mass is 10.1. The van der Waals surface area contributed by atoms with Gasteiger partial charge in [0.2, 0.25) is 0 Å². The van der Waals surface area contributed by atoms with Crippen LogP contribution in [0.2, 0.25) is 0 Å². The summed E-state index contributed by atoms with van der Waals surface area (Å²) in [7, 11) is 0. The van der Waals surface area contributed by atoms with Crippen molar-refractivity contribution in [2.45, 2.75) is 39.7 Å². The van der Waals surface area contributed by atoms with E-state index in [1.165, 1.54) is 0 Å². The van der Waals surface area contributed by atoms with Crippen molar-refractivity contribution >= 4 is 28.6 Å². The van der Waals surface area contributed by atoms with Gasteiger partial charge in [0.25, 0.3) is 5.91 Å². The molecule has 0 saturated carbocycles. The van der Waals surface area contributed by atoms with E-state index in [2.05, 4.69) is 15.4 Å². The SMILES string of the molecule is CC(C)c1cc(C(=O)OCC(=O)Nc2ccccc2)c2cnn(C(C)C)c2n1. The zero-order chi connectivity index (χ0) is 20.3. The highest BCUT2D eigenvalue weighted by atomic mass is 16.5. The molecule has 0 aliphatic rings. The minimum Gasteiger partial charge on any atom is -0.452 e. The first kappa shape index (κ1) is 19.5. The fraction of sp³-hybridized carbons (Fsp3) is 0.333. The highest BCUT2D eigenvalue weighted by Gasteiger charge is 2.20. The normalized spacial score (nSPS) is 11.2. The number of nitrogens with one attached hydrogen (secondary N) is 1. The number of nitrogens with zero attached hydrogens (tertiary/aromatic N) is 3. The van der Waals surface area contributed by atoms with E-state index < -0.39 is 11.9 Å². The first-order valence-corrected chi connectivity index (χ1v) is 9.27. The van der Waals surface area contributed by atoms with E-state index in [-0.39, 0.29) is 18.6 Å². The molecule has 28 heavy (non-hydrogen) atoms. The van der Waals surface area contributed by atoms with E-state index >= 15 is 0 Å². The minimum atomic E-state index is -0.569. The number of hydrogen-bond acceptors (Lipinski definition) is 5. The molecule has 0 atom stereocenters. The summed E-state index contributed by atoms with van der Waals surface area (Å²) in [5, 5.41) is 7.66. The van der Waals surface area contributed by atoms with Crippen molar-refractivity contribution in [2.24, 2.45) is 0 Å². The first-order valence-electron chi connectivity index (χ1n) is 9.27. The molecule has 0 fully saturated rings. The van der Waals surface area contributed by atoms with Crippen LogP contribution >= 0.6 is 0 Å². The maximum atomic E-state index is 12.7. The Morgan fingerprint density at radius 2 is 1.86 bits per heavy atom. The summed E-state index contributed by atoms with van der Waals surface area (Å²) in [6, 6.07) is 10.8. The van der Waals surface area contributed by atoms with Crippen molar-refractivity contribution in [3.63, 3.8) is 0 Å². The second-order valence-electron chi connectivity index (χ2n) is 7.16. The Morgan fingerprint density at radius 3 is 2.50 bits per heavy atom. The number of pyridine rings is 1. The van der Waals surface area contributed by atoms with Crippen LogP contribution in [0.25, 0.3) is 11.0 Å². The minimum absolute atomic E-state index is 0.105. The summed E-state index contributed by atoms with van der Waals surface area (Å²) in [6.45, 7) is 7.65. The standard InChI is InChI=1S/C21H24N4O3/c1-13(2)18-10-16(17-11-22-25(14(3)4)20(17)24-18)21(27)28-12-19(26)23-15-8-6-5-7-9-15/h5-11,13-14H,12H2,1-4H3,(H,23,26). The molecule has 1 N–H and O–H groups in total. The lowest BCUT2D eigenvalue weighted by Gasteiger charge is -2.12. The topological polar surface area (TPSA) is 86.1 Å². The first-order chi connectivity index (χ1) is 13.4. The lowest BCUT2D eigenvalue weighted by Crippen LogP contribution is -2.21. The molecular weight excluding hydrogens is 356 g/mol. The molecule has 1 amide bonds. The van der Waals surface area contributed by atoms with Crippen LogP contribution in [0.5, 0.6) is 0 Å². The lowest BCUT2D eigenvalue weighted by molar-refractivity contribution is -0.119. The van der Waals surface area contributed by atoms with Gasteiger partial charge in [-0.2, -0.15) is 5.10 Å². The van der Waals surface area contributed by atoms with Gasteiger partial charge in [-0.1, -0.05) is 32.0 Å². The Hall–Kier alpha value is -3.22. The molecule has 3 rings (SSSR count). The van der Waals surface area contributed by atoms with Gasteiger partial charge >= 0.3 is 5.97 Å². The van der Waals surface area contributed by atoms with E-state index in [1.54, 1.807) is 29.1 Å². The maximum Gasteiger partial charge on any atom is 0.339 e. The van der Waals surface area contributed by atoms with Gasteiger partial charge in [-0.25, -0.2) is 14.5 Å². The number of aromatic nitrogens is 3. The van der Waals surface area contributed by atoms with Crippen molar-refractivity contribution in [1.29, 1.82) is 0 Å². The number of carbonyl (C=O) groups is 2. The van der Waals surface area contributed by atoms with Crippen molar-refractivity contribution in [3.8, 4) is 0 Å². The number of para-hydroxylation sites is 1. The van der Waals surface area contributed by atoms with Crippen LogP contribution in [0.4, 0.5) is 5.69 Å². The van der Waals surface area contributed by atoms with Gasteiger partial charge in [-0.05, 0) is 38.0 Å². The molecule has 7 nitrogen and oxygen atoms in total. The molecular formula is C21H24N4O3. The van der Waals surface area contributed by atoms with Crippen molar-refractivity contribution < 1.29 is 14.3 Å². The summed E-state index contributed by atoms with van der Waals surface area (Å²) in [4.78, 5) is 29.4. The average Bonchev–Trinajstić information content (AvgIpc) is 3.10. The molecule has 3 aromatic rings. The summed E-state index contributed by atoms with van der Waals surface area (Å²) >= 11 is 0. The third kappa shape index (κ3) is 4.19. The highest BCUT2D eigenvalue weighted by Crippen LogP contribution is 2.25. The van der Waals surface area contributed by atoms with Crippen LogP contribution in [-0.4, -0.2) is 33.2 Å². The molecule has 0 bridgehead atoms. The van der Waals surface area contributed by atoms with Gasteiger partial charge in [-0.3, -0.25) is 4.79 Å². The predicted molar refractivity (Wildman–Crippen MR) is 107 cm³/mol. The quantitative estimate of drug-likeness (QED) is 0.655. The predicted octanol–water partition coefficient (Wildman–Crippen LogP) is 3.93. The van der Waals surface area contributed by atoms with Gasteiger partial charge < -0.3 is 10.1 Å². The summed E-state index contributed by atoms with van der Waals surface area (Å²) in [6.07, 6.45) is 1.62. The molecule has 0 radical (unpaired) electrons. The van der Waals surface area contributed by atoms with E-state index in [0.717, 1.165) is 5.69 Å². The van der Waals surface area contributed by atoms with Gasteiger partial charge in [0.1, 0.15) is 0 Å². The summed E-state index contributed by atoms with van der Waals surface area (Å²) in [5.74, 6) is -0.833. The number of ether oxygens (including phenoxy) is 1. The van der Waals surface area contributed by atoms with Gasteiger partial charge in [0.05, 0.1) is 17.1 Å². The van der Waals surface area contributed by atoms with Gasteiger partial charge in [-0.15, -0.1) is 0 Å². The zero-order valence-corrected chi connectivity index (χ0v) is 16.5. The molecule has 146 valence electrons. The number of carbonyl (C=O) groups excluding carboxylic acids is 2. The molecule has 0 spiro atoms. The number of fused-ring (bicyclic) bond motifs is 1. The monoisotopic (exact) mass is 380 g/mol.